The maximum Gasteiger partial charge on any atom is 0.416 e. The lowest BCUT2D eigenvalue weighted by atomic mass is 10.1. The molecular formula is C42H39Cl2F3N5O2S2+. The van der Waals surface area contributed by atoms with Crippen LogP contribution in [0.2, 0.25) is 10.0 Å². The summed E-state index contributed by atoms with van der Waals surface area (Å²) in [6, 6.07) is 27.0. The van der Waals surface area contributed by atoms with Gasteiger partial charge in [0.1, 0.15) is 0 Å². The fourth-order valence-electron chi connectivity index (χ4n) is 6.26. The first-order valence-corrected chi connectivity index (χ1v) is 20.3. The van der Waals surface area contributed by atoms with E-state index in [0.29, 0.717) is 51.3 Å². The van der Waals surface area contributed by atoms with Crippen LogP contribution in [0.5, 0.6) is 0 Å². The van der Waals surface area contributed by atoms with Crippen molar-refractivity contribution < 1.29 is 27.2 Å². The summed E-state index contributed by atoms with van der Waals surface area (Å²) in [4.78, 5) is 40.2. The summed E-state index contributed by atoms with van der Waals surface area (Å²) in [6.45, 7) is 3.23. The first kappa shape index (κ1) is 41.1. The van der Waals surface area contributed by atoms with Gasteiger partial charge in [-0.15, -0.1) is 22.7 Å². The Morgan fingerprint density at radius 1 is 0.679 bits per heavy atom. The Balaban J connectivity index is 1.12. The zero-order chi connectivity index (χ0) is 40.0. The Labute approximate surface area is 342 Å². The first-order chi connectivity index (χ1) is 26.7. The highest BCUT2D eigenvalue weighted by atomic mass is 35.5. The van der Waals surface area contributed by atoms with Crippen LogP contribution in [0.15, 0.2) is 108 Å². The van der Waals surface area contributed by atoms with E-state index in [2.05, 4.69) is 4.98 Å². The SMILES string of the molecule is Cc1cccc(N(C(=O)CCC[N+](C)(C)CCCC(=O)N(c2cccc(C(F)(F)F)c2)c2nc(-c3cccc(Cl)c3)cs2)c2nc(-c3cccc(Cl)c3)cs2)c1. The van der Waals surface area contributed by atoms with E-state index in [0.717, 1.165) is 40.2 Å². The Morgan fingerprint density at radius 3 is 1.61 bits per heavy atom. The van der Waals surface area contributed by atoms with Crippen molar-refractivity contribution in [2.75, 3.05) is 37.0 Å². The van der Waals surface area contributed by atoms with Gasteiger partial charge in [0.05, 0.1) is 55.5 Å². The number of thiazole rings is 2. The highest BCUT2D eigenvalue weighted by molar-refractivity contribution is 7.14. The molecule has 4 aromatic carbocycles. The topological polar surface area (TPSA) is 66.4 Å². The average molecular weight is 838 g/mol. The lowest BCUT2D eigenvalue weighted by Crippen LogP contribution is -2.42. The van der Waals surface area contributed by atoms with Crippen molar-refractivity contribution in [3.05, 3.63) is 129 Å². The fraction of sp³-hybridized carbons (Fsp3) is 0.238. The van der Waals surface area contributed by atoms with Gasteiger partial charge in [0.15, 0.2) is 10.3 Å². The molecule has 56 heavy (non-hydrogen) atoms. The predicted molar refractivity (Wildman–Crippen MR) is 222 cm³/mol. The van der Waals surface area contributed by atoms with Crippen LogP contribution in [0.3, 0.4) is 0 Å². The summed E-state index contributed by atoms with van der Waals surface area (Å²) < 4.78 is 41.7. The molecule has 0 N–H and O–H groups in total. The van der Waals surface area contributed by atoms with Gasteiger partial charge in [0, 0.05) is 57.6 Å². The molecule has 0 saturated heterocycles. The Kier molecular flexibility index (Phi) is 13.0. The van der Waals surface area contributed by atoms with Gasteiger partial charge in [-0.25, -0.2) is 9.97 Å². The molecule has 0 bridgehead atoms. The second-order valence-electron chi connectivity index (χ2n) is 14.0. The van der Waals surface area contributed by atoms with Crippen LogP contribution in [0, 0.1) is 6.92 Å². The third-order valence-corrected chi connectivity index (χ3v) is 11.2. The minimum absolute atomic E-state index is 0.0725. The zero-order valence-corrected chi connectivity index (χ0v) is 34.0. The number of hydrogen-bond donors (Lipinski definition) is 0. The van der Waals surface area contributed by atoms with Gasteiger partial charge in [-0.3, -0.25) is 19.4 Å². The number of alkyl halides is 3. The second-order valence-corrected chi connectivity index (χ2v) is 16.5. The molecule has 0 radical (unpaired) electrons. The predicted octanol–water partition coefficient (Wildman–Crippen LogP) is 12.2. The third kappa shape index (κ3) is 10.4. The maximum absolute atomic E-state index is 13.9. The third-order valence-electron chi connectivity index (χ3n) is 9.11. The number of quaternary nitrogens is 1. The van der Waals surface area contributed by atoms with Gasteiger partial charge in [-0.05, 0) is 67.1 Å². The summed E-state index contributed by atoms with van der Waals surface area (Å²) in [7, 11) is 4.07. The number of aryl methyl sites for hydroxylation is 1. The number of anilines is 4. The van der Waals surface area contributed by atoms with E-state index in [1.807, 2.05) is 74.9 Å². The van der Waals surface area contributed by atoms with E-state index < -0.39 is 11.7 Å². The van der Waals surface area contributed by atoms with Crippen molar-refractivity contribution in [1.82, 2.24) is 9.97 Å². The number of aromatic nitrogens is 2. The fourth-order valence-corrected chi connectivity index (χ4v) is 8.38. The van der Waals surface area contributed by atoms with Crippen LogP contribution in [0.1, 0.15) is 36.8 Å². The van der Waals surface area contributed by atoms with Crippen LogP contribution in [0.25, 0.3) is 22.5 Å². The lowest BCUT2D eigenvalue weighted by Gasteiger charge is -2.30. The number of halogens is 5. The molecule has 0 aliphatic rings. The molecule has 290 valence electrons. The Hall–Kier alpha value is -4.59. The number of rotatable bonds is 14. The van der Waals surface area contributed by atoms with Gasteiger partial charge in [-0.1, -0.05) is 65.7 Å². The molecule has 7 nitrogen and oxygen atoms in total. The summed E-state index contributed by atoms with van der Waals surface area (Å²) in [5.41, 5.74) is 3.86. The minimum Gasteiger partial charge on any atom is -0.328 e. The maximum atomic E-state index is 13.9. The smallest absolute Gasteiger partial charge is 0.328 e. The van der Waals surface area contributed by atoms with Crippen molar-refractivity contribution in [3.8, 4) is 22.5 Å². The molecule has 0 unspecified atom stereocenters. The van der Waals surface area contributed by atoms with Gasteiger partial charge >= 0.3 is 6.18 Å². The molecule has 14 heteroatoms. The van der Waals surface area contributed by atoms with E-state index >= 15 is 0 Å². The molecule has 0 fully saturated rings. The van der Waals surface area contributed by atoms with Crippen molar-refractivity contribution >= 4 is 79.3 Å². The van der Waals surface area contributed by atoms with Gasteiger partial charge < -0.3 is 4.48 Å². The van der Waals surface area contributed by atoms with Crippen LogP contribution in [-0.2, 0) is 15.8 Å². The first-order valence-electron chi connectivity index (χ1n) is 17.8. The number of carbonyl (C=O) groups excluding carboxylic acids is 2. The number of hydrogen-bond acceptors (Lipinski definition) is 6. The quantitative estimate of drug-likeness (QED) is 0.103. The van der Waals surface area contributed by atoms with Crippen molar-refractivity contribution in [2.24, 2.45) is 0 Å². The molecule has 0 aliphatic heterocycles. The number of carbonyl (C=O) groups is 2. The van der Waals surface area contributed by atoms with E-state index in [1.54, 1.807) is 34.5 Å². The Bertz CT molecular complexity index is 2330. The molecule has 6 aromatic rings. The summed E-state index contributed by atoms with van der Waals surface area (Å²) in [6.07, 6.45) is -3.20. The van der Waals surface area contributed by atoms with Crippen LogP contribution < -0.4 is 9.80 Å². The van der Waals surface area contributed by atoms with Crippen molar-refractivity contribution in [1.29, 1.82) is 0 Å². The normalized spacial score (nSPS) is 11.8. The number of nitrogens with zero attached hydrogens (tertiary/aromatic N) is 5. The monoisotopic (exact) mass is 836 g/mol. The minimum atomic E-state index is -4.58. The molecule has 2 heterocycles. The molecule has 6 rings (SSSR count). The Morgan fingerprint density at radius 2 is 1.14 bits per heavy atom. The van der Waals surface area contributed by atoms with Gasteiger partial charge in [0.25, 0.3) is 0 Å². The van der Waals surface area contributed by atoms with Gasteiger partial charge in [0.2, 0.25) is 11.8 Å². The number of amides is 2. The highest BCUT2D eigenvalue weighted by Crippen LogP contribution is 2.38. The molecule has 2 aromatic heterocycles. The summed E-state index contributed by atoms with van der Waals surface area (Å²) in [5, 5.41) is 5.61. The van der Waals surface area contributed by atoms with Crippen LogP contribution in [-0.4, -0.2) is 53.5 Å². The largest absolute Gasteiger partial charge is 0.416 e. The summed E-state index contributed by atoms with van der Waals surface area (Å²) >= 11 is 15.0. The molecular weight excluding hydrogens is 799 g/mol. The molecule has 2 amide bonds. The van der Waals surface area contributed by atoms with Gasteiger partial charge in [-0.2, -0.15) is 13.2 Å². The van der Waals surface area contributed by atoms with E-state index in [4.69, 9.17) is 28.2 Å². The molecule has 0 atom stereocenters. The van der Waals surface area contributed by atoms with Crippen LogP contribution >= 0.6 is 45.9 Å². The van der Waals surface area contributed by atoms with E-state index in [9.17, 15) is 22.8 Å². The number of benzene rings is 4. The summed E-state index contributed by atoms with van der Waals surface area (Å²) in [5.74, 6) is -0.462. The zero-order valence-electron chi connectivity index (χ0n) is 30.9. The molecule has 0 saturated carbocycles. The standard InChI is InChI=1S/C42H39Cl2F3N5O2S2/c1-28-10-4-16-34(22-28)50(40-48-36(26-55-40)29-11-5-14-32(43)23-29)38(53)18-8-20-52(2,3)21-9-19-39(54)51(35-17-7-13-31(25-35)42(45,46)47)41-49-37(27-56-41)30-12-6-15-33(44)24-30/h4-7,10-17,22-27H,8-9,18-21H2,1-3H3/q+1. The lowest BCUT2D eigenvalue weighted by molar-refractivity contribution is -0.890. The van der Waals surface area contributed by atoms with Crippen molar-refractivity contribution in [3.63, 3.8) is 0 Å². The highest BCUT2D eigenvalue weighted by Gasteiger charge is 2.32. The van der Waals surface area contributed by atoms with E-state index in [1.165, 1.54) is 39.7 Å². The average Bonchev–Trinajstić information content (AvgIpc) is 3.83. The van der Waals surface area contributed by atoms with Crippen molar-refractivity contribution in [2.45, 2.75) is 38.8 Å². The van der Waals surface area contributed by atoms with Crippen LogP contribution in [0.4, 0.5) is 34.8 Å². The molecule has 0 aliphatic carbocycles. The molecule has 0 spiro atoms. The second kappa shape index (κ2) is 17.7. The van der Waals surface area contributed by atoms with E-state index in [-0.39, 0.29) is 35.5 Å².